The fourth-order valence-corrected chi connectivity index (χ4v) is 2.73. The van der Waals surface area contributed by atoms with Crippen LogP contribution in [0, 0.1) is 5.92 Å². The number of aliphatic hydroxyl groups is 1. The first-order chi connectivity index (χ1) is 7.87. The number of hydrogen-bond acceptors (Lipinski definition) is 1. The van der Waals surface area contributed by atoms with Gasteiger partial charge in [0.2, 0.25) is 0 Å². The van der Waals surface area contributed by atoms with E-state index in [1.807, 2.05) is 0 Å². The Hall–Kier alpha value is -0.250. The number of halogens is 3. The van der Waals surface area contributed by atoms with Gasteiger partial charge in [0.25, 0.3) is 0 Å². The van der Waals surface area contributed by atoms with Crippen LogP contribution in [0.3, 0.4) is 0 Å². The lowest BCUT2D eigenvalue weighted by Gasteiger charge is -2.37. The zero-order valence-corrected chi connectivity index (χ0v) is 10.5. The summed E-state index contributed by atoms with van der Waals surface area (Å²) < 4.78 is 37.8. The van der Waals surface area contributed by atoms with Crippen molar-refractivity contribution in [1.29, 1.82) is 0 Å². The van der Waals surface area contributed by atoms with Crippen LogP contribution in [0.5, 0.6) is 0 Å². The molecular weight excluding hydrogens is 229 g/mol. The Morgan fingerprint density at radius 1 is 1.24 bits per heavy atom. The van der Waals surface area contributed by atoms with E-state index < -0.39 is 17.7 Å². The highest BCUT2D eigenvalue weighted by Gasteiger charge is 2.46. The van der Waals surface area contributed by atoms with E-state index in [2.05, 4.69) is 6.92 Å². The van der Waals surface area contributed by atoms with Crippen LogP contribution < -0.4 is 0 Å². The van der Waals surface area contributed by atoms with Gasteiger partial charge < -0.3 is 5.11 Å². The molecule has 0 aromatic carbocycles. The molecule has 0 aromatic rings. The van der Waals surface area contributed by atoms with Gasteiger partial charge in [0, 0.05) is 0 Å². The van der Waals surface area contributed by atoms with Crippen molar-refractivity contribution in [3.63, 3.8) is 0 Å². The van der Waals surface area contributed by atoms with Gasteiger partial charge in [0.15, 0.2) is 0 Å². The monoisotopic (exact) mass is 252 g/mol. The van der Waals surface area contributed by atoms with Crippen LogP contribution in [-0.2, 0) is 0 Å². The minimum Gasteiger partial charge on any atom is -0.390 e. The van der Waals surface area contributed by atoms with Crippen molar-refractivity contribution in [3.05, 3.63) is 0 Å². The molecule has 1 aliphatic rings. The molecule has 102 valence electrons. The maximum absolute atomic E-state index is 12.6. The molecule has 1 fully saturated rings. The normalized spacial score (nSPS) is 30.5. The second-order valence-corrected chi connectivity index (χ2v) is 5.37. The molecule has 0 saturated heterocycles. The maximum atomic E-state index is 12.6. The van der Waals surface area contributed by atoms with Gasteiger partial charge in [-0.3, -0.25) is 0 Å². The molecule has 2 unspecified atom stereocenters. The molecule has 1 aliphatic carbocycles. The molecule has 17 heavy (non-hydrogen) atoms. The molecule has 0 aliphatic heterocycles. The summed E-state index contributed by atoms with van der Waals surface area (Å²) >= 11 is 0. The van der Waals surface area contributed by atoms with E-state index in [0.29, 0.717) is 19.3 Å². The summed E-state index contributed by atoms with van der Waals surface area (Å²) in [5.74, 6) is -1.30. The number of hydrogen-bond donors (Lipinski definition) is 1. The minimum absolute atomic E-state index is 0.0946. The molecule has 1 rings (SSSR count). The van der Waals surface area contributed by atoms with Gasteiger partial charge >= 0.3 is 6.18 Å². The van der Waals surface area contributed by atoms with E-state index >= 15 is 0 Å². The van der Waals surface area contributed by atoms with Crippen LogP contribution in [0.1, 0.15) is 64.7 Å². The third kappa shape index (κ3) is 4.86. The molecule has 2 atom stereocenters. The van der Waals surface area contributed by atoms with Crippen molar-refractivity contribution in [1.82, 2.24) is 0 Å². The third-order valence-electron chi connectivity index (χ3n) is 3.78. The topological polar surface area (TPSA) is 20.2 Å². The second kappa shape index (κ2) is 6.07. The number of unbranched alkanes of at least 4 members (excludes halogenated alkanes) is 3. The smallest absolute Gasteiger partial charge is 0.390 e. The molecule has 0 aromatic heterocycles. The lowest BCUT2D eigenvalue weighted by Crippen LogP contribution is -2.40. The van der Waals surface area contributed by atoms with Crippen molar-refractivity contribution in [2.24, 2.45) is 5.92 Å². The predicted molar refractivity (Wildman–Crippen MR) is 61.7 cm³/mol. The van der Waals surface area contributed by atoms with Crippen molar-refractivity contribution >= 4 is 0 Å². The van der Waals surface area contributed by atoms with E-state index in [4.69, 9.17) is 0 Å². The Balaban J connectivity index is 2.40. The Kier molecular flexibility index (Phi) is 5.29. The van der Waals surface area contributed by atoms with Gasteiger partial charge in [0.1, 0.15) is 0 Å². The zero-order valence-electron chi connectivity index (χ0n) is 10.5. The van der Waals surface area contributed by atoms with Crippen LogP contribution in [-0.4, -0.2) is 16.9 Å². The molecule has 1 saturated carbocycles. The highest BCUT2D eigenvalue weighted by molar-refractivity contribution is 4.88. The van der Waals surface area contributed by atoms with E-state index in [1.165, 1.54) is 0 Å². The predicted octanol–water partition coefficient (Wildman–Crippen LogP) is 4.44. The van der Waals surface area contributed by atoms with Crippen molar-refractivity contribution in [2.75, 3.05) is 0 Å². The maximum Gasteiger partial charge on any atom is 0.391 e. The van der Waals surface area contributed by atoms with Crippen molar-refractivity contribution in [2.45, 2.75) is 76.5 Å². The van der Waals surface area contributed by atoms with Gasteiger partial charge in [-0.1, -0.05) is 32.6 Å². The van der Waals surface area contributed by atoms with Crippen LogP contribution in [0.15, 0.2) is 0 Å². The average Bonchev–Trinajstić information content (AvgIpc) is 2.23. The van der Waals surface area contributed by atoms with E-state index in [1.54, 1.807) is 0 Å². The molecule has 0 heterocycles. The fraction of sp³-hybridized carbons (Fsp3) is 1.00. The Morgan fingerprint density at radius 2 is 1.94 bits per heavy atom. The van der Waals surface area contributed by atoms with E-state index in [9.17, 15) is 18.3 Å². The molecule has 0 bridgehead atoms. The SMILES string of the molecule is CCCCCCC1(O)CCCC(C(F)(F)F)C1. The number of rotatable bonds is 5. The van der Waals surface area contributed by atoms with Gasteiger partial charge in [-0.2, -0.15) is 13.2 Å². The number of alkyl halides is 3. The Morgan fingerprint density at radius 3 is 2.53 bits per heavy atom. The average molecular weight is 252 g/mol. The van der Waals surface area contributed by atoms with Crippen LogP contribution >= 0.6 is 0 Å². The summed E-state index contributed by atoms with van der Waals surface area (Å²) in [5.41, 5.74) is -1.06. The van der Waals surface area contributed by atoms with Gasteiger partial charge in [-0.15, -0.1) is 0 Å². The van der Waals surface area contributed by atoms with Crippen molar-refractivity contribution < 1.29 is 18.3 Å². The molecule has 1 nitrogen and oxygen atoms in total. The summed E-state index contributed by atoms with van der Waals surface area (Å²) in [6.07, 6.45) is 1.55. The molecular formula is C13H23F3O. The van der Waals surface area contributed by atoms with Gasteiger partial charge in [0.05, 0.1) is 11.5 Å². The summed E-state index contributed by atoms with van der Waals surface area (Å²) in [4.78, 5) is 0. The fourth-order valence-electron chi connectivity index (χ4n) is 2.73. The van der Waals surface area contributed by atoms with Gasteiger partial charge in [-0.25, -0.2) is 0 Å². The lowest BCUT2D eigenvalue weighted by atomic mass is 9.75. The molecule has 0 radical (unpaired) electrons. The summed E-state index contributed by atoms with van der Waals surface area (Å²) in [7, 11) is 0. The van der Waals surface area contributed by atoms with Crippen molar-refractivity contribution in [3.8, 4) is 0 Å². The summed E-state index contributed by atoms with van der Waals surface area (Å²) in [6, 6.07) is 0. The Labute approximate surface area is 101 Å². The standard InChI is InChI=1S/C13H23F3O/c1-2-3-4-5-8-12(17)9-6-7-11(10-12)13(14,15)16/h11,17H,2-10H2,1H3. The summed E-state index contributed by atoms with van der Waals surface area (Å²) in [5, 5.41) is 10.2. The first kappa shape index (κ1) is 14.8. The largest absolute Gasteiger partial charge is 0.391 e. The van der Waals surface area contributed by atoms with Crippen LogP contribution in [0.4, 0.5) is 13.2 Å². The third-order valence-corrected chi connectivity index (χ3v) is 3.78. The Bertz CT molecular complexity index is 227. The highest BCUT2D eigenvalue weighted by Crippen LogP contribution is 2.43. The van der Waals surface area contributed by atoms with E-state index in [0.717, 1.165) is 25.7 Å². The molecule has 4 heteroatoms. The second-order valence-electron chi connectivity index (χ2n) is 5.37. The summed E-state index contributed by atoms with van der Waals surface area (Å²) in [6.45, 7) is 2.09. The molecule has 0 amide bonds. The molecule has 0 spiro atoms. The van der Waals surface area contributed by atoms with Crippen LogP contribution in [0.2, 0.25) is 0 Å². The minimum atomic E-state index is -4.14. The lowest BCUT2D eigenvalue weighted by molar-refractivity contribution is -0.201. The van der Waals surface area contributed by atoms with Crippen LogP contribution in [0.25, 0.3) is 0 Å². The quantitative estimate of drug-likeness (QED) is 0.717. The highest BCUT2D eigenvalue weighted by atomic mass is 19.4. The molecule has 1 N–H and O–H groups in total. The zero-order chi connectivity index (χ0) is 12.9. The van der Waals surface area contributed by atoms with E-state index in [-0.39, 0.29) is 12.8 Å². The van der Waals surface area contributed by atoms with Gasteiger partial charge in [-0.05, 0) is 32.1 Å². The first-order valence-corrected chi connectivity index (χ1v) is 6.66. The first-order valence-electron chi connectivity index (χ1n) is 6.66.